The Morgan fingerprint density at radius 3 is 2.08 bits per heavy atom. The minimum Gasteiger partial charge on any atom is -0.406 e. The van der Waals surface area contributed by atoms with Gasteiger partial charge in [0.25, 0.3) is 10.2 Å². The minimum absolute atomic E-state index is 0.256. The summed E-state index contributed by atoms with van der Waals surface area (Å²) >= 11 is 0. The number of halogens is 3. The van der Waals surface area contributed by atoms with Crippen molar-refractivity contribution in [3.05, 3.63) is 29.8 Å². The van der Waals surface area contributed by atoms with Crippen molar-refractivity contribution in [2.24, 2.45) is 0 Å². The Balaban J connectivity index is 1.88. The first kappa shape index (κ1) is 19.0. The second-order valence-electron chi connectivity index (χ2n) is 5.66. The van der Waals surface area contributed by atoms with Crippen molar-refractivity contribution < 1.29 is 26.3 Å². The number of piperazine rings is 1. The van der Waals surface area contributed by atoms with Gasteiger partial charge in [-0.1, -0.05) is 12.1 Å². The standard InChI is InChI=1S/C14H20F3N3O3S/c1-18(2)24(21,22)20-9-7-19(8-10-20)11-12-3-5-13(6-4-12)23-14(15,16)17/h3-6H,7-11H2,1-2H3. The van der Waals surface area contributed by atoms with Crippen LogP contribution in [0.5, 0.6) is 5.75 Å². The quantitative estimate of drug-likeness (QED) is 0.792. The molecule has 1 saturated heterocycles. The molecule has 1 aliphatic heterocycles. The molecule has 1 aliphatic rings. The Morgan fingerprint density at radius 1 is 1.08 bits per heavy atom. The van der Waals surface area contributed by atoms with Gasteiger partial charge < -0.3 is 4.74 Å². The van der Waals surface area contributed by atoms with Gasteiger partial charge in [-0.25, -0.2) is 0 Å². The zero-order valence-corrected chi connectivity index (χ0v) is 14.3. The molecule has 0 unspecified atom stereocenters. The fraction of sp³-hybridized carbons (Fsp3) is 0.571. The van der Waals surface area contributed by atoms with Crippen LogP contribution in [0.1, 0.15) is 5.56 Å². The maximum atomic E-state index is 12.1. The molecule has 0 radical (unpaired) electrons. The normalized spacial score (nSPS) is 18.1. The van der Waals surface area contributed by atoms with Gasteiger partial charge in [0.1, 0.15) is 5.75 Å². The van der Waals surface area contributed by atoms with Crippen molar-refractivity contribution >= 4 is 10.2 Å². The summed E-state index contributed by atoms with van der Waals surface area (Å²) in [5.41, 5.74) is 0.841. The van der Waals surface area contributed by atoms with E-state index in [-0.39, 0.29) is 5.75 Å². The van der Waals surface area contributed by atoms with Crippen molar-refractivity contribution in [3.63, 3.8) is 0 Å². The molecule has 0 aromatic heterocycles. The molecule has 2 rings (SSSR count). The number of rotatable bonds is 5. The highest BCUT2D eigenvalue weighted by atomic mass is 32.2. The largest absolute Gasteiger partial charge is 0.573 e. The van der Waals surface area contributed by atoms with Gasteiger partial charge in [-0.05, 0) is 17.7 Å². The first-order valence-corrected chi connectivity index (χ1v) is 8.72. The van der Waals surface area contributed by atoms with Gasteiger partial charge in [0, 0.05) is 46.8 Å². The average Bonchev–Trinajstić information content (AvgIpc) is 2.48. The molecule has 0 atom stereocenters. The fourth-order valence-corrected chi connectivity index (χ4v) is 3.49. The lowest BCUT2D eigenvalue weighted by atomic mass is 10.2. The number of alkyl halides is 3. The molecule has 1 aromatic rings. The van der Waals surface area contributed by atoms with E-state index in [0.29, 0.717) is 32.7 Å². The summed E-state index contributed by atoms with van der Waals surface area (Å²) in [6, 6.07) is 5.69. The van der Waals surface area contributed by atoms with Gasteiger partial charge in [-0.15, -0.1) is 13.2 Å². The van der Waals surface area contributed by atoms with Gasteiger partial charge in [0.05, 0.1) is 0 Å². The van der Waals surface area contributed by atoms with Crippen LogP contribution in [0.2, 0.25) is 0 Å². The Kier molecular flexibility index (Phi) is 5.74. The van der Waals surface area contributed by atoms with Crippen LogP contribution in [0.15, 0.2) is 24.3 Å². The number of nitrogens with zero attached hydrogens (tertiary/aromatic N) is 3. The van der Waals surface area contributed by atoms with E-state index in [1.165, 1.54) is 34.8 Å². The maximum Gasteiger partial charge on any atom is 0.573 e. The molecule has 24 heavy (non-hydrogen) atoms. The van der Waals surface area contributed by atoms with Gasteiger partial charge in [0.15, 0.2) is 0 Å². The van der Waals surface area contributed by atoms with Gasteiger partial charge in [-0.3, -0.25) is 4.90 Å². The number of benzene rings is 1. The zero-order chi connectivity index (χ0) is 18.0. The molecule has 136 valence electrons. The fourth-order valence-electron chi connectivity index (χ4n) is 2.40. The molecule has 1 heterocycles. The number of hydrogen-bond donors (Lipinski definition) is 0. The number of hydrogen-bond acceptors (Lipinski definition) is 4. The zero-order valence-electron chi connectivity index (χ0n) is 13.5. The van der Waals surface area contributed by atoms with Crippen LogP contribution in [-0.4, -0.2) is 68.6 Å². The third kappa shape index (κ3) is 5.07. The summed E-state index contributed by atoms with van der Waals surface area (Å²) in [7, 11) is -0.418. The Labute approximate surface area is 139 Å². The highest BCUT2D eigenvalue weighted by Crippen LogP contribution is 2.23. The van der Waals surface area contributed by atoms with Crippen LogP contribution in [0.4, 0.5) is 13.2 Å². The smallest absolute Gasteiger partial charge is 0.406 e. The molecule has 10 heteroatoms. The summed E-state index contributed by atoms with van der Waals surface area (Å²) in [6.45, 7) is 2.44. The maximum absolute atomic E-state index is 12.1. The minimum atomic E-state index is -4.70. The molecule has 0 saturated carbocycles. The highest BCUT2D eigenvalue weighted by molar-refractivity contribution is 7.86. The second-order valence-corrected chi connectivity index (χ2v) is 7.80. The monoisotopic (exact) mass is 367 g/mol. The van der Waals surface area contributed by atoms with E-state index in [1.807, 2.05) is 0 Å². The molecule has 6 nitrogen and oxygen atoms in total. The molecular formula is C14H20F3N3O3S. The number of ether oxygens (including phenoxy) is 1. The molecule has 0 amide bonds. The van der Waals surface area contributed by atoms with Crippen molar-refractivity contribution in [3.8, 4) is 5.75 Å². The molecule has 0 bridgehead atoms. The van der Waals surface area contributed by atoms with Crippen LogP contribution in [-0.2, 0) is 16.8 Å². The predicted octanol–water partition coefficient (Wildman–Crippen LogP) is 1.51. The molecule has 1 fully saturated rings. The van der Waals surface area contributed by atoms with Crippen molar-refractivity contribution in [1.29, 1.82) is 0 Å². The Morgan fingerprint density at radius 2 is 1.62 bits per heavy atom. The van der Waals surface area contributed by atoms with Crippen molar-refractivity contribution in [1.82, 2.24) is 13.5 Å². The second kappa shape index (κ2) is 7.26. The molecule has 0 spiro atoms. The summed E-state index contributed by atoms with van der Waals surface area (Å²) in [6.07, 6.45) is -4.70. The van der Waals surface area contributed by atoms with Crippen molar-refractivity contribution in [2.75, 3.05) is 40.3 Å². The van der Waals surface area contributed by atoms with Crippen molar-refractivity contribution in [2.45, 2.75) is 12.9 Å². The summed E-state index contributed by atoms with van der Waals surface area (Å²) in [4.78, 5) is 2.06. The molecule has 0 N–H and O–H groups in total. The third-order valence-corrected chi connectivity index (χ3v) is 5.62. The topological polar surface area (TPSA) is 53.1 Å². The Hall–Kier alpha value is -1.36. The van der Waals surface area contributed by atoms with E-state index < -0.39 is 16.6 Å². The van der Waals surface area contributed by atoms with Crippen LogP contribution in [0, 0.1) is 0 Å². The van der Waals surface area contributed by atoms with Crippen LogP contribution >= 0.6 is 0 Å². The summed E-state index contributed by atoms with van der Waals surface area (Å²) < 4.78 is 66.8. The Bertz CT molecular complexity index is 639. The molecular weight excluding hydrogens is 347 g/mol. The van der Waals surface area contributed by atoms with E-state index in [9.17, 15) is 21.6 Å². The van der Waals surface area contributed by atoms with E-state index in [4.69, 9.17) is 0 Å². The lowest BCUT2D eigenvalue weighted by Gasteiger charge is -2.35. The van der Waals surface area contributed by atoms with E-state index in [0.717, 1.165) is 5.56 Å². The average molecular weight is 367 g/mol. The summed E-state index contributed by atoms with van der Waals surface area (Å²) in [5, 5.41) is 0. The van der Waals surface area contributed by atoms with Gasteiger partial charge >= 0.3 is 6.36 Å². The summed E-state index contributed by atoms with van der Waals surface area (Å²) in [5.74, 6) is -0.256. The van der Waals surface area contributed by atoms with Crippen LogP contribution in [0.25, 0.3) is 0 Å². The van der Waals surface area contributed by atoms with Gasteiger partial charge in [0.2, 0.25) is 0 Å². The predicted molar refractivity (Wildman–Crippen MR) is 82.6 cm³/mol. The van der Waals surface area contributed by atoms with Crippen LogP contribution in [0.3, 0.4) is 0 Å². The van der Waals surface area contributed by atoms with E-state index in [2.05, 4.69) is 9.64 Å². The molecule has 0 aliphatic carbocycles. The lowest BCUT2D eigenvalue weighted by Crippen LogP contribution is -2.51. The lowest BCUT2D eigenvalue weighted by molar-refractivity contribution is -0.274. The first-order chi connectivity index (χ1) is 11.1. The SMILES string of the molecule is CN(C)S(=O)(=O)N1CCN(Cc2ccc(OC(F)(F)F)cc2)CC1. The third-order valence-electron chi connectivity index (χ3n) is 3.68. The van der Waals surface area contributed by atoms with E-state index in [1.54, 1.807) is 12.1 Å². The van der Waals surface area contributed by atoms with E-state index >= 15 is 0 Å². The van der Waals surface area contributed by atoms with Gasteiger partial charge in [-0.2, -0.15) is 17.0 Å². The first-order valence-electron chi connectivity index (χ1n) is 7.32. The van der Waals surface area contributed by atoms with Crippen LogP contribution < -0.4 is 4.74 Å². The molecule has 1 aromatic carbocycles. The highest BCUT2D eigenvalue weighted by Gasteiger charge is 2.31.